The van der Waals surface area contributed by atoms with E-state index in [0.29, 0.717) is 13.5 Å². The van der Waals surface area contributed by atoms with Gasteiger partial charge < -0.3 is 9.47 Å². The Balaban J connectivity index is 1.52. The Bertz CT molecular complexity index is 844. The van der Waals surface area contributed by atoms with Crippen LogP contribution in [0, 0.1) is 0 Å². The monoisotopic (exact) mass is 318 g/mol. The molecule has 2 aliphatic heterocycles. The zero-order chi connectivity index (χ0) is 15.9. The number of pyridine rings is 2. The molecule has 6 heteroatoms. The molecule has 0 atom stereocenters. The Morgan fingerprint density at radius 3 is 1.79 bits per heavy atom. The number of hydrogen-bond acceptors (Lipinski definition) is 6. The van der Waals surface area contributed by atoms with Crippen molar-refractivity contribution in [2.24, 2.45) is 0 Å². The van der Waals surface area contributed by atoms with Gasteiger partial charge in [-0.15, -0.1) is 0 Å². The average molecular weight is 318 g/mol. The highest BCUT2D eigenvalue weighted by Crippen LogP contribution is 2.40. The van der Waals surface area contributed by atoms with Gasteiger partial charge in [-0.3, -0.25) is 9.80 Å². The van der Waals surface area contributed by atoms with Gasteiger partial charge in [0.15, 0.2) is 36.6 Å². The zero-order valence-corrected chi connectivity index (χ0v) is 12.8. The van der Waals surface area contributed by atoms with Gasteiger partial charge in [0.2, 0.25) is 0 Å². The number of nitrogens with zero attached hydrogens (tertiary/aromatic N) is 4. The molecule has 3 aromatic rings. The molecule has 2 aromatic heterocycles. The summed E-state index contributed by atoms with van der Waals surface area (Å²) in [6.07, 6.45) is 3.55. The van der Waals surface area contributed by atoms with Crippen LogP contribution in [-0.2, 0) is 0 Å². The Hall–Kier alpha value is -3.28. The number of rotatable bonds is 2. The summed E-state index contributed by atoms with van der Waals surface area (Å²) in [7, 11) is 0. The van der Waals surface area contributed by atoms with E-state index in [1.54, 1.807) is 12.4 Å². The third-order valence-electron chi connectivity index (χ3n) is 4.16. The average Bonchev–Trinajstić information content (AvgIpc) is 3.26. The summed E-state index contributed by atoms with van der Waals surface area (Å²) in [5.74, 6) is 3.29. The van der Waals surface area contributed by atoms with E-state index in [1.165, 1.54) is 0 Å². The molecular weight excluding hydrogens is 304 g/mol. The molecule has 5 rings (SSSR count). The largest absolute Gasteiger partial charge is 0.469 e. The van der Waals surface area contributed by atoms with Crippen LogP contribution in [0.25, 0.3) is 0 Å². The van der Waals surface area contributed by atoms with Crippen LogP contribution in [0.15, 0.2) is 60.9 Å². The minimum atomic E-state index is 0.459. The molecule has 6 nitrogen and oxygen atoms in total. The summed E-state index contributed by atoms with van der Waals surface area (Å²) >= 11 is 0. The number of aromatic nitrogens is 2. The van der Waals surface area contributed by atoms with E-state index in [2.05, 4.69) is 25.8 Å². The van der Waals surface area contributed by atoms with Crippen LogP contribution < -0.4 is 19.3 Å². The van der Waals surface area contributed by atoms with E-state index in [-0.39, 0.29) is 0 Å². The van der Waals surface area contributed by atoms with E-state index < -0.39 is 0 Å². The van der Waals surface area contributed by atoms with Crippen LogP contribution in [0.3, 0.4) is 0 Å². The van der Waals surface area contributed by atoms with Gasteiger partial charge in [0.05, 0.1) is 0 Å². The fourth-order valence-corrected chi connectivity index (χ4v) is 3.01. The highest BCUT2D eigenvalue weighted by atomic mass is 16.5. The molecule has 0 spiro atoms. The molecule has 0 fully saturated rings. The van der Waals surface area contributed by atoms with Gasteiger partial charge in [-0.1, -0.05) is 6.07 Å². The molecule has 0 N–H and O–H groups in total. The Morgan fingerprint density at radius 2 is 1.25 bits per heavy atom. The van der Waals surface area contributed by atoms with Gasteiger partial charge in [0.1, 0.15) is 0 Å². The maximum Gasteiger partial charge on any atom is 0.178 e. The number of benzene rings is 1. The van der Waals surface area contributed by atoms with Crippen molar-refractivity contribution in [2.75, 3.05) is 23.3 Å². The third-order valence-corrected chi connectivity index (χ3v) is 4.16. The van der Waals surface area contributed by atoms with Crippen LogP contribution in [0.4, 0.5) is 23.0 Å². The highest BCUT2D eigenvalue weighted by molar-refractivity contribution is 5.74. The molecule has 118 valence electrons. The number of ether oxygens (including phenoxy) is 2. The molecule has 0 unspecified atom stereocenters. The van der Waals surface area contributed by atoms with Crippen molar-refractivity contribution >= 4 is 23.0 Å². The van der Waals surface area contributed by atoms with Crippen LogP contribution in [0.2, 0.25) is 0 Å². The first-order chi connectivity index (χ1) is 11.9. The van der Waals surface area contributed by atoms with Crippen LogP contribution in [0.5, 0.6) is 11.5 Å². The van der Waals surface area contributed by atoms with Crippen molar-refractivity contribution in [3.8, 4) is 11.5 Å². The Morgan fingerprint density at radius 1 is 0.708 bits per heavy atom. The Kier molecular flexibility index (Phi) is 2.82. The zero-order valence-electron chi connectivity index (χ0n) is 12.8. The maximum atomic E-state index is 5.70. The smallest absolute Gasteiger partial charge is 0.178 e. The second-order valence-electron chi connectivity index (χ2n) is 5.57. The third kappa shape index (κ3) is 1.96. The van der Waals surface area contributed by atoms with E-state index in [0.717, 1.165) is 34.5 Å². The van der Waals surface area contributed by atoms with Gasteiger partial charge in [0, 0.05) is 23.8 Å². The molecule has 24 heavy (non-hydrogen) atoms. The van der Waals surface area contributed by atoms with Gasteiger partial charge in [-0.2, -0.15) is 0 Å². The van der Waals surface area contributed by atoms with Gasteiger partial charge in [-0.05, 0) is 42.5 Å². The minimum Gasteiger partial charge on any atom is -0.469 e. The fraction of sp³-hybridized carbons (Fsp3) is 0.111. The summed E-state index contributed by atoms with van der Waals surface area (Å²) < 4.78 is 11.4. The lowest BCUT2D eigenvalue weighted by Gasteiger charge is -2.20. The molecule has 0 aliphatic carbocycles. The standard InChI is InChI=1S/C18H14N4O2/c1-4-13(21-11-23-15-6-2-8-19-17(15)21)10-14(5-1)22-12-24-16-7-3-9-20-18(16)22/h1-10H,11-12H2. The molecule has 0 saturated carbocycles. The second-order valence-corrected chi connectivity index (χ2v) is 5.57. The summed E-state index contributed by atoms with van der Waals surface area (Å²) in [4.78, 5) is 13.0. The first kappa shape index (κ1) is 13.2. The lowest BCUT2D eigenvalue weighted by molar-refractivity contribution is 0.357. The SMILES string of the molecule is c1cc(N2COc3cccnc32)cc(N2COc3cccnc32)c1. The molecule has 4 heterocycles. The van der Waals surface area contributed by atoms with Crippen LogP contribution >= 0.6 is 0 Å². The molecular formula is C18H14N4O2. The van der Waals surface area contributed by atoms with E-state index in [4.69, 9.17) is 9.47 Å². The molecule has 1 aromatic carbocycles. The molecule has 0 bridgehead atoms. The van der Waals surface area contributed by atoms with Crippen LogP contribution in [0.1, 0.15) is 0 Å². The van der Waals surface area contributed by atoms with Crippen molar-refractivity contribution in [2.45, 2.75) is 0 Å². The number of fused-ring (bicyclic) bond motifs is 2. The minimum absolute atomic E-state index is 0.459. The van der Waals surface area contributed by atoms with Crippen LogP contribution in [-0.4, -0.2) is 23.4 Å². The fourth-order valence-electron chi connectivity index (χ4n) is 3.01. The van der Waals surface area contributed by atoms with Crippen molar-refractivity contribution in [1.29, 1.82) is 0 Å². The summed E-state index contributed by atoms with van der Waals surface area (Å²) in [5.41, 5.74) is 2.05. The second kappa shape index (κ2) is 5.13. The Labute approximate surface area is 138 Å². The predicted molar refractivity (Wildman–Crippen MR) is 90.2 cm³/mol. The van der Waals surface area contributed by atoms with E-state index in [9.17, 15) is 0 Å². The summed E-state index contributed by atoms with van der Waals surface area (Å²) in [6, 6.07) is 15.8. The molecule has 2 aliphatic rings. The first-order valence-electron chi connectivity index (χ1n) is 7.71. The molecule has 0 saturated heterocycles. The lowest BCUT2D eigenvalue weighted by Crippen LogP contribution is -2.19. The highest BCUT2D eigenvalue weighted by Gasteiger charge is 2.26. The first-order valence-corrected chi connectivity index (χ1v) is 7.71. The number of anilines is 4. The van der Waals surface area contributed by atoms with Crippen molar-refractivity contribution in [3.63, 3.8) is 0 Å². The maximum absolute atomic E-state index is 5.70. The predicted octanol–water partition coefficient (Wildman–Crippen LogP) is 3.45. The lowest BCUT2D eigenvalue weighted by atomic mass is 10.2. The normalized spacial score (nSPS) is 14.8. The van der Waals surface area contributed by atoms with Gasteiger partial charge in [0.25, 0.3) is 0 Å². The topological polar surface area (TPSA) is 50.7 Å². The van der Waals surface area contributed by atoms with Crippen molar-refractivity contribution in [1.82, 2.24) is 9.97 Å². The van der Waals surface area contributed by atoms with E-state index in [1.807, 2.05) is 42.5 Å². The van der Waals surface area contributed by atoms with Gasteiger partial charge in [-0.25, -0.2) is 9.97 Å². The van der Waals surface area contributed by atoms with Gasteiger partial charge >= 0.3 is 0 Å². The van der Waals surface area contributed by atoms with Crippen molar-refractivity contribution < 1.29 is 9.47 Å². The molecule has 0 amide bonds. The summed E-state index contributed by atoms with van der Waals surface area (Å²) in [6.45, 7) is 0.919. The molecule has 0 radical (unpaired) electrons. The quantitative estimate of drug-likeness (QED) is 0.721. The summed E-state index contributed by atoms with van der Waals surface area (Å²) in [5, 5.41) is 0. The van der Waals surface area contributed by atoms with E-state index >= 15 is 0 Å². The number of hydrogen-bond donors (Lipinski definition) is 0. The van der Waals surface area contributed by atoms with Crippen molar-refractivity contribution in [3.05, 3.63) is 60.9 Å².